The third-order valence-electron chi connectivity index (χ3n) is 8.19. The largest absolute Gasteiger partial charge is 0.495 e. The summed E-state index contributed by atoms with van der Waals surface area (Å²) < 4.78 is 35.3. The molecule has 4 fully saturated rings. The third-order valence-corrected chi connectivity index (χ3v) is 8.55. The van der Waals surface area contributed by atoms with Crippen LogP contribution >= 0.6 is 11.6 Å². The lowest BCUT2D eigenvalue weighted by Crippen LogP contribution is -2.65. The van der Waals surface area contributed by atoms with Gasteiger partial charge in [-0.2, -0.15) is 0 Å². The van der Waals surface area contributed by atoms with E-state index in [1.54, 1.807) is 26.8 Å². The second kappa shape index (κ2) is 9.03. The number of esters is 1. The Hall–Kier alpha value is -1.64. The van der Waals surface area contributed by atoms with Crippen LogP contribution in [-0.4, -0.2) is 57.0 Å². The summed E-state index contributed by atoms with van der Waals surface area (Å²) in [7, 11) is 3.94. The first-order valence-electron chi connectivity index (χ1n) is 12.3. The van der Waals surface area contributed by atoms with Crippen LogP contribution in [-0.2, 0) is 20.5 Å². The summed E-state index contributed by atoms with van der Waals surface area (Å²) in [5.41, 5.74) is 0.0546. The van der Waals surface area contributed by atoms with Crippen LogP contribution in [0.3, 0.4) is 0 Å². The molecule has 0 amide bonds. The fraction of sp³-hybridized carbons (Fsp3) is 0.731. The predicted octanol–water partition coefficient (Wildman–Crippen LogP) is 5.09. The topological polar surface area (TPSA) is 72.5 Å². The van der Waals surface area contributed by atoms with Gasteiger partial charge in [0.1, 0.15) is 16.9 Å². The Morgan fingerprint density at radius 1 is 1.14 bits per heavy atom. The number of methoxy groups -OCH3 is 3. The molecule has 35 heavy (non-hydrogen) atoms. The van der Waals surface area contributed by atoms with Gasteiger partial charge in [-0.15, -0.1) is 11.6 Å². The molecule has 4 aliphatic rings. The van der Waals surface area contributed by atoms with E-state index in [1.807, 2.05) is 0 Å². The Morgan fingerprint density at radius 3 is 2.34 bits per heavy atom. The summed E-state index contributed by atoms with van der Waals surface area (Å²) in [4.78, 5) is 13.2. The normalized spacial score (nSPS) is 29.7. The molecule has 3 saturated carbocycles. The average molecular weight is 509 g/mol. The van der Waals surface area contributed by atoms with Crippen molar-refractivity contribution in [1.29, 1.82) is 0 Å². The number of carbonyl (C=O) groups is 1. The molecule has 0 N–H and O–H groups in total. The van der Waals surface area contributed by atoms with Gasteiger partial charge in [0, 0.05) is 0 Å². The molecule has 0 radical (unpaired) electrons. The number of ether oxygens (including phenoxy) is 4. The van der Waals surface area contributed by atoms with Gasteiger partial charge in [0.05, 0.1) is 38.3 Å². The third kappa shape index (κ3) is 4.40. The number of alkyl halides is 1. The Morgan fingerprint density at radius 2 is 1.80 bits per heavy atom. The van der Waals surface area contributed by atoms with Crippen molar-refractivity contribution in [3.8, 4) is 17.2 Å². The van der Waals surface area contributed by atoms with Crippen LogP contribution in [0, 0.1) is 17.3 Å². The lowest BCUT2D eigenvalue weighted by molar-refractivity contribution is -0.199. The van der Waals surface area contributed by atoms with E-state index < -0.39 is 24.0 Å². The van der Waals surface area contributed by atoms with Gasteiger partial charge in [0.15, 0.2) is 11.5 Å². The van der Waals surface area contributed by atoms with Gasteiger partial charge < -0.3 is 28.3 Å². The highest BCUT2D eigenvalue weighted by atomic mass is 35.5. The SMILES string of the molecule is COc1cc(C[C@@H](Cl)B2O[C@@H]3C[C@@H]4C[C@@H](C4(C)C)[C@]3(C)O2)c(OC)c(C(=O)OC(C)(C)C)c1OC. The van der Waals surface area contributed by atoms with E-state index in [9.17, 15) is 4.79 Å². The molecule has 1 heterocycles. The summed E-state index contributed by atoms with van der Waals surface area (Å²) in [5, 5.41) is -0.503. The molecule has 5 atom stereocenters. The minimum atomic E-state index is -0.697. The maximum absolute atomic E-state index is 13.2. The second-order valence-electron chi connectivity index (χ2n) is 11.7. The summed E-state index contributed by atoms with van der Waals surface area (Å²) in [6.45, 7) is 12.2. The lowest BCUT2D eigenvalue weighted by Gasteiger charge is -2.64. The van der Waals surface area contributed by atoms with Gasteiger partial charge in [-0.3, -0.25) is 0 Å². The first kappa shape index (κ1) is 26.4. The molecule has 0 aromatic heterocycles. The van der Waals surface area contributed by atoms with Crippen LogP contribution in [0.25, 0.3) is 0 Å². The van der Waals surface area contributed by atoms with Crippen molar-refractivity contribution in [3.05, 3.63) is 17.2 Å². The highest BCUT2D eigenvalue weighted by Gasteiger charge is 2.68. The summed E-state index contributed by atoms with van der Waals surface area (Å²) in [6.07, 6.45) is 2.54. The van der Waals surface area contributed by atoms with Crippen molar-refractivity contribution in [3.63, 3.8) is 0 Å². The second-order valence-corrected chi connectivity index (χ2v) is 12.3. The number of carbonyl (C=O) groups excluding carboxylic acids is 1. The lowest BCUT2D eigenvalue weighted by atomic mass is 9.43. The molecule has 1 aromatic carbocycles. The van der Waals surface area contributed by atoms with Crippen LogP contribution in [0.5, 0.6) is 17.2 Å². The molecule has 5 rings (SSSR count). The standard InChI is InChI=1S/C26H38BClO7/c1-24(2,3)33-23(29)20-21(31-8)14(10-16(30-7)22(20)32-9)11-19(28)27-34-18-13-15-12-17(25(15,4)5)26(18,6)35-27/h10,15,17-19H,11-13H2,1-9H3/t15-,17-,18+,19+,26-/m0/s1. The van der Waals surface area contributed by atoms with Gasteiger partial charge in [-0.25, -0.2) is 4.79 Å². The van der Waals surface area contributed by atoms with E-state index in [0.29, 0.717) is 35.3 Å². The maximum Gasteiger partial charge on any atom is 0.477 e. The summed E-state index contributed by atoms with van der Waals surface area (Å²) >= 11 is 6.92. The zero-order chi connectivity index (χ0) is 25.9. The Kier molecular flexibility index (Phi) is 6.82. The van der Waals surface area contributed by atoms with Crippen LogP contribution < -0.4 is 14.2 Å². The molecule has 1 saturated heterocycles. The van der Waals surface area contributed by atoms with Crippen molar-refractivity contribution in [2.75, 3.05) is 21.3 Å². The van der Waals surface area contributed by atoms with Crippen molar-refractivity contribution in [2.45, 2.75) is 83.4 Å². The molecule has 3 aliphatic carbocycles. The Bertz CT molecular complexity index is 991. The van der Waals surface area contributed by atoms with Crippen molar-refractivity contribution in [2.24, 2.45) is 17.3 Å². The number of hydrogen-bond acceptors (Lipinski definition) is 7. The molecule has 7 nitrogen and oxygen atoms in total. The van der Waals surface area contributed by atoms with Crippen LogP contribution in [0.2, 0.25) is 0 Å². The Balaban J connectivity index is 1.63. The fourth-order valence-corrected chi connectivity index (χ4v) is 6.57. The van der Waals surface area contributed by atoms with Gasteiger partial charge >= 0.3 is 13.1 Å². The summed E-state index contributed by atoms with van der Waals surface area (Å²) in [5.74, 6) is 1.52. The zero-order valence-corrected chi connectivity index (χ0v) is 23.1. The van der Waals surface area contributed by atoms with Crippen LogP contribution in [0.1, 0.15) is 70.3 Å². The molecule has 2 bridgehead atoms. The van der Waals surface area contributed by atoms with E-state index in [2.05, 4.69) is 20.8 Å². The summed E-state index contributed by atoms with van der Waals surface area (Å²) in [6, 6.07) is 1.78. The minimum Gasteiger partial charge on any atom is -0.495 e. The van der Waals surface area contributed by atoms with Gasteiger partial charge in [0.2, 0.25) is 0 Å². The van der Waals surface area contributed by atoms with Crippen molar-refractivity contribution < 1.29 is 33.1 Å². The number of rotatable bonds is 7. The van der Waals surface area contributed by atoms with Crippen LogP contribution in [0.15, 0.2) is 6.07 Å². The van der Waals surface area contributed by atoms with Crippen LogP contribution in [0.4, 0.5) is 0 Å². The van der Waals surface area contributed by atoms with Gasteiger partial charge in [-0.05, 0) is 75.8 Å². The molecule has 1 aromatic rings. The molecule has 1 aliphatic heterocycles. The van der Waals surface area contributed by atoms with E-state index in [4.69, 9.17) is 39.9 Å². The molecular weight excluding hydrogens is 471 g/mol. The highest BCUT2D eigenvalue weighted by molar-refractivity contribution is 6.60. The molecular formula is C26H38BClO7. The highest BCUT2D eigenvalue weighted by Crippen LogP contribution is 2.65. The maximum atomic E-state index is 13.2. The average Bonchev–Trinajstić information content (AvgIpc) is 3.14. The molecule has 0 spiro atoms. The number of halogens is 1. The van der Waals surface area contributed by atoms with E-state index in [1.165, 1.54) is 27.8 Å². The molecule has 0 unspecified atom stereocenters. The van der Waals surface area contributed by atoms with Crippen molar-refractivity contribution >= 4 is 24.7 Å². The van der Waals surface area contributed by atoms with Gasteiger partial charge in [-0.1, -0.05) is 13.8 Å². The van der Waals surface area contributed by atoms with E-state index in [0.717, 1.165) is 6.42 Å². The first-order chi connectivity index (χ1) is 16.3. The first-order valence-corrected chi connectivity index (χ1v) is 12.7. The molecule has 9 heteroatoms. The van der Waals surface area contributed by atoms with Gasteiger partial charge in [0.25, 0.3) is 0 Å². The Labute approximate surface area is 214 Å². The fourth-order valence-electron chi connectivity index (χ4n) is 6.29. The molecule has 194 valence electrons. The smallest absolute Gasteiger partial charge is 0.477 e. The number of hydrogen-bond donors (Lipinski definition) is 0. The minimum absolute atomic E-state index is 0.0372. The quantitative estimate of drug-likeness (QED) is 0.289. The monoisotopic (exact) mass is 508 g/mol. The van der Waals surface area contributed by atoms with Crippen molar-refractivity contribution in [1.82, 2.24) is 0 Å². The number of benzene rings is 1. The zero-order valence-electron chi connectivity index (χ0n) is 22.3. The predicted molar refractivity (Wildman–Crippen MR) is 135 cm³/mol. The van der Waals surface area contributed by atoms with E-state index in [-0.39, 0.29) is 28.4 Å². The van der Waals surface area contributed by atoms with E-state index >= 15 is 0 Å².